The molecule has 0 radical (unpaired) electrons. The fraction of sp³-hybridized carbons (Fsp3) is 0.222. The molecular weight excluding hydrogens is 202 g/mol. The number of rotatable bonds is 3. The number of methoxy groups -OCH3 is 2. The first kappa shape index (κ1) is 10.7. The lowest BCUT2D eigenvalue weighted by Gasteiger charge is -2.10. The quantitative estimate of drug-likeness (QED) is 0.739. The van der Waals surface area contributed by atoms with E-state index in [2.05, 4.69) is 12.6 Å². The molecule has 5 heteroatoms. The molecule has 1 aromatic rings. The van der Waals surface area contributed by atoms with Crippen LogP contribution in [0.25, 0.3) is 0 Å². The number of hydrogen-bond acceptors (Lipinski definition) is 4. The van der Waals surface area contributed by atoms with Crippen molar-refractivity contribution in [3.63, 3.8) is 0 Å². The number of hydrogen-bond donors (Lipinski definition) is 2. The number of carbonyl (C=O) groups excluding carboxylic acids is 1. The number of benzene rings is 1. The Hall–Kier alpha value is -1.36. The maximum Gasteiger partial charge on any atom is 0.249 e. The SMILES string of the molecule is COc1cc(S)c(C(N)=O)cc1OC. The van der Waals surface area contributed by atoms with Crippen molar-refractivity contribution in [2.24, 2.45) is 5.73 Å². The highest BCUT2D eigenvalue weighted by molar-refractivity contribution is 7.80. The van der Waals surface area contributed by atoms with Crippen LogP contribution in [0.4, 0.5) is 0 Å². The third-order valence-electron chi connectivity index (χ3n) is 1.77. The van der Waals surface area contributed by atoms with Crippen LogP contribution in [0.5, 0.6) is 11.5 Å². The Balaban J connectivity index is 3.30. The summed E-state index contributed by atoms with van der Waals surface area (Å²) < 4.78 is 10.0. The van der Waals surface area contributed by atoms with Crippen molar-refractivity contribution in [2.75, 3.05) is 14.2 Å². The highest BCUT2D eigenvalue weighted by atomic mass is 32.1. The average molecular weight is 213 g/mol. The smallest absolute Gasteiger partial charge is 0.249 e. The zero-order chi connectivity index (χ0) is 10.7. The van der Waals surface area contributed by atoms with Crippen LogP contribution in [0.3, 0.4) is 0 Å². The Morgan fingerprint density at radius 2 is 1.79 bits per heavy atom. The molecule has 1 rings (SSSR count). The summed E-state index contributed by atoms with van der Waals surface area (Å²) in [6.45, 7) is 0. The van der Waals surface area contributed by atoms with Crippen molar-refractivity contribution < 1.29 is 14.3 Å². The predicted molar refractivity (Wildman–Crippen MR) is 55.3 cm³/mol. The monoisotopic (exact) mass is 213 g/mol. The van der Waals surface area contributed by atoms with Gasteiger partial charge in [0.05, 0.1) is 19.8 Å². The van der Waals surface area contributed by atoms with Gasteiger partial charge >= 0.3 is 0 Å². The molecule has 4 nitrogen and oxygen atoms in total. The second-order valence-electron chi connectivity index (χ2n) is 2.59. The van der Waals surface area contributed by atoms with E-state index in [1.165, 1.54) is 20.3 Å². The normalized spacial score (nSPS) is 9.64. The first-order valence-electron chi connectivity index (χ1n) is 3.85. The van der Waals surface area contributed by atoms with Gasteiger partial charge in [-0.25, -0.2) is 0 Å². The van der Waals surface area contributed by atoms with Gasteiger partial charge in [-0.1, -0.05) is 0 Å². The molecule has 0 bridgehead atoms. The highest BCUT2D eigenvalue weighted by Crippen LogP contribution is 2.31. The lowest BCUT2D eigenvalue weighted by molar-refractivity contribution is 0.0997. The van der Waals surface area contributed by atoms with Crippen LogP contribution in [0.15, 0.2) is 17.0 Å². The molecule has 76 valence electrons. The number of carbonyl (C=O) groups is 1. The van der Waals surface area contributed by atoms with Crippen molar-refractivity contribution >= 4 is 18.5 Å². The van der Waals surface area contributed by atoms with Gasteiger partial charge in [-0.2, -0.15) is 0 Å². The Morgan fingerprint density at radius 1 is 1.29 bits per heavy atom. The first-order valence-corrected chi connectivity index (χ1v) is 4.29. The Labute approximate surface area is 87.4 Å². The van der Waals surface area contributed by atoms with Crippen LogP contribution < -0.4 is 15.2 Å². The van der Waals surface area contributed by atoms with E-state index < -0.39 is 5.91 Å². The molecule has 0 aliphatic carbocycles. The van der Waals surface area contributed by atoms with Crippen LogP contribution in [0.1, 0.15) is 10.4 Å². The summed E-state index contributed by atoms with van der Waals surface area (Å²) in [5.41, 5.74) is 5.46. The van der Waals surface area contributed by atoms with Gasteiger partial charge in [0.2, 0.25) is 5.91 Å². The van der Waals surface area contributed by atoms with Gasteiger partial charge in [-0.3, -0.25) is 4.79 Å². The van der Waals surface area contributed by atoms with Crippen LogP contribution in [-0.2, 0) is 0 Å². The standard InChI is InChI=1S/C9H11NO3S/c1-12-6-3-5(9(10)11)8(14)4-7(6)13-2/h3-4,14H,1-2H3,(H2,10,11). The van der Waals surface area contributed by atoms with E-state index in [1.54, 1.807) is 6.07 Å². The van der Waals surface area contributed by atoms with Crippen LogP contribution in [-0.4, -0.2) is 20.1 Å². The van der Waals surface area contributed by atoms with Crippen molar-refractivity contribution in [3.8, 4) is 11.5 Å². The summed E-state index contributed by atoms with van der Waals surface area (Å²) in [4.78, 5) is 11.4. The van der Waals surface area contributed by atoms with Crippen LogP contribution in [0, 0.1) is 0 Å². The van der Waals surface area contributed by atoms with E-state index in [4.69, 9.17) is 15.2 Å². The van der Waals surface area contributed by atoms with E-state index in [0.29, 0.717) is 22.0 Å². The molecule has 1 aromatic carbocycles. The van der Waals surface area contributed by atoms with Crippen molar-refractivity contribution in [1.29, 1.82) is 0 Å². The summed E-state index contributed by atoms with van der Waals surface area (Å²) in [5.74, 6) is 0.428. The van der Waals surface area contributed by atoms with Gasteiger partial charge in [0.25, 0.3) is 0 Å². The Morgan fingerprint density at radius 3 is 2.21 bits per heavy atom. The molecule has 0 unspecified atom stereocenters. The number of ether oxygens (including phenoxy) is 2. The number of amides is 1. The average Bonchev–Trinajstić information content (AvgIpc) is 2.16. The van der Waals surface area contributed by atoms with Gasteiger partial charge < -0.3 is 15.2 Å². The van der Waals surface area contributed by atoms with Crippen LogP contribution in [0.2, 0.25) is 0 Å². The molecule has 0 saturated carbocycles. The summed E-state index contributed by atoms with van der Waals surface area (Å²) in [5, 5.41) is 0. The van der Waals surface area contributed by atoms with E-state index in [0.717, 1.165) is 0 Å². The molecule has 14 heavy (non-hydrogen) atoms. The van der Waals surface area contributed by atoms with Gasteiger partial charge in [0.1, 0.15) is 0 Å². The van der Waals surface area contributed by atoms with Gasteiger partial charge in [-0.05, 0) is 12.1 Å². The number of thiol groups is 1. The summed E-state index contributed by atoms with van der Waals surface area (Å²) >= 11 is 4.11. The van der Waals surface area contributed by atoms with Gasteiger partial charge in [-0.15, -0.1) is 12.6 Å². The Kier molecular flexibility index (Phi) is 3.24. The molecule has 0 aliphatic heterocycles. The fourth-order valence-electron chi connectivity index (χ4n) is 1.07. The van der Waals surface area contributed by atoms with Gasteiger partial charge in [0, 0.05) is 4.90 Å². The largest absolute Gasteiger partial charge is 0.493 e. The van der Waals surface area contributed by atoms with Gasteiger partial charge in [0.15, 0.2) is 11.5 Å². The van der Waals surface area contributed by atoms with E-state index in [-0.39, 0.29) is 0 Å². The fourth-order valence-corrected chi connectivity index (χ4v) is 1.36. The topological polar surface area (TPSA) is 61.5 Å². The summed E-state index contributed by atoms with van der Waals surface area (Å²) in [6.07, 6.45) is 0. The predicted octanol–water partition coefficient (Wildman–Crippen LogP) is 1.09. The second kappa shape index (κ2) is 4.23. The minimum Gasteiger partial charge on any atom is -0.493 e. The zero-order valence-corrected chi connectivity index (χ0v) is 8.80. The summed E-state index contributed by atoms with van der Waals surface area (Å²) in [6, 6.07) is 3.09. The van der Waals surface area contributed by atoms with Crippen LogP contribution >= 0.6 is 12.6 Å². The van der Waals surface area contributed by atoms with E-state index >= 15 is 0 Å². The zero-order valence-electron chi connectivity index (χ0n) is 7.90. The maximum absolute atomic E-state index is 11.0. The maximum atomic E-state index is 11.0. The Bertz CT molecular complexity index is 365. The lowest BCUT2D eigenvalue weighted by atomic mass is 10.2. The second-order valence-corrected chi connectivity index (χ2v) is 3.07. The third-order valence-corrected chi connectivity index (χ3v) is 2.14. The van der Waals surface area contributed by atoms with Crippen molar-refractivity contribution in [3.05, 3.63) is 17.7 Å². The number of primary amides is 1. The number of nitrogens with two attached hydrogens (primary N) is 1. The third kappa shape index (κ3) is 1.93. The molecule has 0 saturated heterocycles. The van der Waals surface area contributed by atoms with Crippen molar-refractivity contribution in [1.82, 2.24) is 0 Å². The van der Waals surface area contributed by atoms with E-state index in [1.807, 2.05) is 0 Å². The molecular formula is C9H11NO3S. The molecule has 2 N–H and O–H groups in total. The van der Waals surface area contributed by atoms with E-state index in [9.17, 15) is 4.79 Å². The molecule has 0 fully saturated rings. The minimum atomic E-state index is -0.545. The minimum absolute atomic E-state index is 0.311. The molecule has 0 spiro atoms. The summed E-state index contributed by atoms with van der Waals surface area (Å²) in [7, 11) is 3.00. The molecule has 0 aliphatic rings. The molecule has 1 amide bonds. The van der Waals surface area contributed by atoms with Crippen molar-refractivity contribution in [2.45, 2.75) is 4.90 Å². The molecule has 0 aromatic heterocycles. The highest BCUT2D eigenvalue weighted by Gasteiger charge is 2.12. The molecule has 0 atom stereocenters. The lowest BCUT2D eigenvalue weighted by Crippen LogP contribution is -2.12. The first-order chi connectivity index (χ1) is 6.60. The molecule has 0 heterocycles.